The summed E-state index contributed by atoms with van der Waals surface area (Å²) in [4.78, 5) is 36.9. The number of carbonyl (C=O) groups is 3. The van der Waals surface area contributed by atoms with Gasteiger partial charge in [0.1, 0.15) is 6.61 Å². The van der Waals surface area contributed by atoms with Crippen molar-refractivity contribution in [2.45, 2.75) is 174 Å². The Morgan fingerprint density at radius 2 is 1.00 bits per heavy atom. The highest BCUT2D eigenvalue weighted by Crippen LogP contribution is 2.13. The van der Waals surface area contributed by atoms with Crippen LogP contribution in [0.25, 0.3) is 0 Å². The third-order valence-electron chi connectivity index (χ3n) is 9.37. The molecule has 0 aliphatic rings. The third-order valence-corrected chi connectivity index (χ3v) is 9.37. The molecule has 0 aromatic heterocycles. The number of carboxylic acid groups (broad SMARTS) is 1. The molecular weight excluding hydrogens is 703 g/mol. The predicted molar refractivity (Wildman–Crippen MR) is 233 cm³/mol. The molecule has 0 amide bonds. The van der Waals surface area contributed by atoms with Gasteiger partial charge in [0.25, 0.3) is 0 Å². The van der Waals surface area contributed by atoms with Gasteiger partial charge in [-0.15, -0.1) is 0 Å². The average molecular weight is 785 g/mol. The van der Waals surface area contributed by atoms with E-state index in [1.165, 1.54) is 38.5 Å². The van der Waals surface area contributed by atoms with Crippen molar-refractivity contribution in [1.29, 1.82) is 0 Å². The molecule has 0 aromatic carbocycles. The van der Waals surface area contributed by atoms with Gasteiger partial charge in [-0.05, 0) is 64.2 Å². The number of esters is 2. The smallest absolute Gasteiger partial charge is 0.362 e. The number of rotatable bonds is 38. The Morgan fingerprint density at radius 3 is 1.48 bits per heavy atom. The number of hydrogen-bond acceptors (Lipinski definition) is 6. The maximum Gasteiger partial charge on any atom is 0.362 e. The monoisotopic (exact) mass is 785 g/mol. The lowest BCUT2D eigenvalue weighted by atomic mass is 10.1. The Morgan fingerprint density at radius 1 is 0.554 bits per heavy atom. The van der Waals surface area contributed by atoms with Gasteiger partial charge < -0.3 is 23.8 Å². The third kappa shape index (κ3) is 36.4. The van der Waals surface area contributed by atoms with E-state index >= 15 is 0 Å². The summed E-state index contributed by atoms with van der Waals surface area (Å²) in [5.74, 6) is -1.51. The fourth-order valence-electron chi connectivity index (χ4n) is 5.98. The fourth-order valence-corrected chi connectivity index (χ4v) is 5.98. The second-order valence-corrected chi connectivity index (χ2v) is 15.6. The van der Waals surface area contributed by atoms with Crippen LogP contribution in [0, 0.1) is 0 Å². The minimum Gasteiger partial charge on any atom is -0.477 e. The molecule has 0 heterocycles. The molecule has 2 atom stereocenters. The maximum absolute atomic E-state index is 12.7. The number of ether oxygens (including phenoxy) is 3. The molecule has 320 valence electrons. The minimum absolute atomic E-state index is 0.0481. The van der Waals surface area contributed by atoms with Crippen molar-refractivity contribution in [3.63, 3.8) is 0 Å². The van der Waals surface area contributed by atoms with Gasteiger partial charge in [0, 0.05) is 19.3 Å². The van der Waals surface area contributed by atoms with E-state index in [9.17, 15) is 19.5 Å². The van der Waals surface area contributed by atoms with Crippen molar-refractivity contribution < 1.29 is 38.2 Å². The van der Waals surface area contributed by atoms with Crippen LogP contribution in [0.4, 0.5) is 0 Å². The van der Waals surface area contributed by atoms with Crippen molar-refractivity contribution in [1.82, 2.24) is 0 Å². The van der Waals surface area contributed by atoms with E-state index in [0.29, 0.717) is 19.3 Å². The largest absolute Gasteiger partial charge is 0.477 e. The zero-order valence-electron chi connectivity index (χ0n) is 36.3. The van der Waals surface area contributed by atoms with E-state index in [-0.39, 0.29) is 36.2 Å². The van der Waals surface area contributed by atoms with E-state index in [4.69, 9.17) is 14.2 Å². The van der Waals surface area contributed by atoms with Gasteiger partial charge in [-0.2, -0.15) is 0 Å². The molecule has 0 rings (SSSR count). The number of allylic oxidation sites excluding steroid dienone is 12. The number of aliphatic carboxylic acids is 1. The summed E-state index contributed by atoms with van der Waals surface area (Å²) < 4.78 is 17.2. The Balaban J connectivity index is 4.35. The van der Waals surface area contributed by atoms with Crippen LogP contribution in [0.5, 0.6) is 0 Å². The molecule has 0 bridgehead atoms. The molecule has 0 spiro atoms. The van der Waals surface area contributed by atoms with Crippen molar-refractivity contribution in [3.8, 4) is 0 Å². The highest BCUT2D eigenvalue weighted by molar-refractivity contribution is 5.72. The molecule has 1 N–H and O–H groups in total. The summed E-state index contributed by atoms with van der Waals surface area (Å²) in [7, 11) is 5.51. The number of quaternary nitrogens is 1. The maximum atomic E-state index is 12.7. The first-order chi connectivity index (χ1) is 27.1. The van der Waals surface area contributed by atoms with E-state index in [2.05, 4.69) is 86.8 Å². The first-order valence-electron chi connectivity index (χ1n) is 22.0. The summed E-state index contributed by atoms with van der Waals surface area (Å²) in [6, 6.07) is -0.621. The van der Waals surface area contributed by atoms with Gasteiger partial charge in [-0.25, -0.2) is 4.79 Å². The van der Waals surface area contributed by atoms with Crippen LogP contribution in [0.3, 0.4) is 0 Å². The quantitative estimate of drug-likeness (QED) is 0.0288. The second kappa shape index (κ2) is 38.6. The van der Waals surface area contributed by atoms with Crippen molar-refractivity contribution in [2.24, 2.45) is 0 Å². The van der Waals surface area contributed by atoms with Crippen LogP contribution in [-0.4, -0.2) is 80.6 Å². The first kappa shape index (κ1) is 52.8. The molecule has 0 radical (unpaired) electrons. The van der Waals surface area contributed by atoms with Crippen molar-refractivity contribution in [2.75, 3.05) is 41.0 Å². The molecule has 0 fully saturated rings. The van der Waals surface area contributed by atoms with E-state index in [1.807, 2.05) is 21.1 Å². The number of likely N-dealkylation sites (N-methyl/N-ethyl adjacent to an activating group) is 1. The van der Waals surface area contributed by atoms with Gasteiger partial charge in [0.15, 0.2) is 12.1 Å². The summed E-state index contributed by atoms with van der Waals surface area (Å²) >= 11 is 0. The van der Waals surface area contributed by atoms with Crippen molar-refractivity contribution >= 4 is 17.9 Å². The fraction of sp³-hybridized carbons (Fsp3) is 0.688. The predicted octanol–water partition coefficient (Wildman–Crippen LogP) is 12.0. The van der Waals surface area contributed by atoms with Crippen molar-refractivity contribution in [3.05, 3.63) is 72.9 Å². The highest BCUT2D eigenvalue weighted by atomic mass is 16.6. The Bertz CT molecular complexity index is 1140. The average Bonchev–Trinajstić information content (AvgIpc) is 3.15. The number of nitrogens with zero attached hydrogens (tertiary/aromatic N) is 1. The molecule has 8 heteroatoms. The Kier molecular flexibility index (Phi) is 36.4. The van der Waals surface area contributed by atoms with Gasteiger partial charge in [-0.3, -0.25) is 9.59 Å². The zero-order valence-corrected chi connectivity index (χ0v) is 36.3. The van der Waals surface area contributed by atoms with Gasteiger partial charge in [0.05, 0.1) is 34.4 Å². The standard InChI is InChI=1S/C48H81NO7/c1-6-8-10-12-14-16-17-18-19-20-21-22-23-24-25-26-27-28-29-31-33-35-37-39-47(51)56-44(42-54-41-40-45(48(52)53)49(3,4)5)43-55-46(50)38-36-34-32-30-15-13-11-9-7-2/h8,10,14,16,18-19,21-22,24-25,27-28,44-45H,6-7,9,11-13,15,17,20,23,26,29-43H2,1-5H3/p+1/b10-8+,16-14+,19-18+,22-21+,25-24+,28-27+. The normalized spacial score (nSPS) is 13.7. The zero-order chi connectivity index (χ0) is 41.4. The number of hydrogen-bond donors (Lipinski definition) is 1. The van der Waals surface area contributed by atoms with Gasteiger partial charge in [0.2, 0.25) is 0 Å². The molecule has 2 unspecified atom stereocenters. The lowest BCUT2D eigenvalue weighted by Gasteiger charge is -2.31. The van der Waals surface area contributed by atoms with Gasteiger partial charge in [-0.1, -0.05) is 151 Å². The van der Waals surface area contributed by atoms with Crippen LogP contribution >= 0.6 is 0 Å². The molecule has 0 saturated heterocycles. The summed E-state index contributed by atoms with van der Waals surface area (Å²) in [5, 5.41) is 9.60. The summed E-state index contributed by atoms with van der Waals surface area (Å²) in [5.41, 5.74) is 0. The first-order valence-corrected chi connectivity index (χ1v) is 22.0. The molecule has 0 aliphatic carbocycles. The summed E-state index contributed by atoms with van der Waals surface area (Å²) in [6.07, 6.45) is 48.1. The van der Waals surface area contributed by atoms with E-state index < -0.39 is 18.1 Å². The SMILES string of the molecule is CC/C=C/C/C=C/C/C=C/C/C=C/C/C=C/C/C=C/CCCCCCC(=O)OC(COCCC(C(=O)O)[N+](C)(C)C)COC(=O)CCCCCCCCCCC. The molecule has 0 aliphatic heterocycles. The Hall–Kier alpha value is -3.23. The number of unbranched alkanes of at least 4 members (excludes halogenated alkanes) is 12. The van der Waals surface area contributed by atoms with Crippen LogP contribution < -0.4 is 0 Å². The van der Waals surface area contributed by atoms with Gasteiger partial charge >= 0.3 is 17.9 Å². The number of carboxylic acids is 1. The molecule has 0 saturated carbocycles. The van der Waals surface area contributed by atoms with E-state index in [0.717, 1.165) is 89.9 Å². The molecule has 56 heavy (non-hydrogen) atoms. The lowest BCUT2D eigenvalue weighted by molar-refractivity contribution is -0.887. The highest BCUT2D eigenvalue weighted by Gasteiger charge is 2.31. The van der Waals surface area contributed by atoms with Crippen LogP contribution in [0.2, 0.25) is 0 Å². The van der Waals surface area contributed by atoms with E-state index in [1.54, 1.807) is 0 Å². The Labute approximate surface area is 342 Å². The molecular formula is C48H82NO7+. The molecule has 8 nitrogen and oxygen atoms in total. The second-order valence-electron chi connectivity index (χ2n) is 15.6. The van der Waals surface area contributed by atoms with Crippen LogP contribution in [0.15, 0.2) is 72.9 Å². The lowest BCUT2D eigenvalue weighted by Crippen LogP contribution is -2.50. The minimum atomic E-state index is -0.883. The summed E-state index contributed by atoms with van der Waals surface area (Å²) in [6.45, 7) is 4.56. The van der Waals surface area contributed by atoms with Crippen LogP contribution in [0.1, 0.15) is 162 Å². The topological polar surface area (TPSA) is 99.1 Å². The van der Waals surface area contributed by atoms with Crippen LogP contribution in [-0.2, 0) is 28.6 Å². The molecule has 0 aromatic rings. The number of carbonyl (C=O) groups excluding carboxylic acids is 2.